The van der Waals surface area contributed by atoms with Gasteiger partial charge in [-0.15, -0.1) is 0 Å². The fraction of sp³-hybridized carbons (Fsp3) is 0.833. The molecular formula is C12H22O4. The van der Waals surface area contributed by atoms with E-state index in [9.17, 15) is 9.59 Å². The molecular weight excluding hydrogens is 208 g/mol. The average molecular weight is 230 g/mol. The molecule has 0 aromatic rings. The third-order valence-electron chi connectivity index (χ3n) is 2.01. The number of rotatable bonds is 9. The van der Waals surface area contributed by atoms with Crippen LogP contribution < -0.4 is 0 Å². The summed E-state index contributed by atoms with van der Waals surface area (Å²) < 4.78 is 9.79. The van der Waals surface area contributed by atoms with Crippen LogP contribution in [0.25, 0.3) is 0 Å². The van der Waals surface area contributed by atoms with E-state index in [1.807, 2.05) is 6.92 Å². The maximum Gasteiger partial charge on any atom is 0.306 e. The lowest BCUT2D eigenvalue weighted by Crippen LogP contribution is -2.11. The van der Waals surface area contributed by atoms with Gasteiger partial charge in [-0.3, -0.25) is 9.59 Å². The third kappa shape index (κ3) is 9.49. The molecule has 0 spiro atoms. The van der Waals surface area contributed by atoms with Crippen LogP contribution in [0.2, 0.25) is 0 Å². The predicted molar refractivity (Wildman–Crippen MR) is 61.0 cm³/mol. The number of carbonyl (C=O) groups is 2. The van der Waals surface area contributed by atoms with E-state index in [2.05, 4.69) is 6.92 Å². The summed E-state index contributed by atoms with van der Waals surface area (Å²) in [5.41, 5.74) is 0. The van der Waals surface area contributed by atoms with Gasteiger partial charge in [0.15, 0.2) is 0 Å². The third-order valence-corrected chi connectivity index (χ3v) is 2.01. The first-order valence-corrected chi connectivity index (χ1v) is 6.02. The van der Waals surface area contributed by atoms with E-state index >= 15 is 0 Å². The largest absolute Gasteiger partial charge is 0.466 e. The Balaban J connectivity index is 3.38. The first-order valence-electron chi connectivity index (χ1n) is 6.02. The van der Waals surface area contributed by atoms with Gasteiger partial charge in [0.25, 0.3) is 0 Å². The summed E-state index contributed by atoms with van der Waals surface area (Å²) in [7, 11) is 0. The van der Waals surface area contributed by atoms with Gasteiger partial charge in [0, 0.05) is 0 Å². The monoisotopic (exact) mass is 230 g/mol. The van der Waals surface area contributed by atoms with Gasteiger partial charge in [0.2, 0.25) is 0 Å². The van der Waals surface area contributed by atoms with Crippen molar-refractivity contribution in [1.82, 2.24) is 0 Å². The number of hydrogen-bond donors (Lipinski definition) is 0. The van der Waals surface area contributed by atoms with Crippen molar-refractivity contribution in [1.29, 1.82) is 0 Å². The Hall–Kier alpha value is -1.06. The molecule has 0 atom stereocenters. The fourth-order valence-electron chi connectivity index (χ4n) is 1.10. The van der Waals surface area contributed by atoms with E-state index in [0.717, 1.165) is 25.7 Å². The summed E-state index contributed by atoms with van der Waals surface area (Å²) in [6.07, 6.45) is 4.09. The standard InChI is InChI=1S/C12H22O4/c1-3-5-6-10-16-12(14)8-7-11(13)15-9-4-2/h3-10H2,1-2H3. The molecule has 0 saturated heterocycles. The summed E-state index contributed by atoms with van der Waals surface area (Å²) in [6, 6.07) is 0. The zero-order valence-electron chi connectivity index (χ0n) is 10.3. The molecule has 16 heavy (non-hydrogen) atoms. The minimum Gasteiger partial charge on any atom is -0.466 e. The summed E-state index contributed by atoms with van der Waals surface area (Å²) in [6.45, 7) is 4.89. The number of ether oxygens (including phenoxy) is 2. The van der Waals surface area contributed by atoms with Gasteiger partial charge < -0.3 is 9.47 Å². The zero-order chi connectivity index (χ0) is 12.2. The molecule has 0 fully saturated rings. The normalized spacial score (nSPS) is 9.88. The zero-order valence-corrected chi connectivity index (χ0v) is 10.3. The van der Waals surface area contributed by atoms with E-state index in [4.69, 9.17) is 9.47 Å². The summed E-state index contributed by atoms with van der Waals surface area (Å²) in [5, 5.41) is 0. The number of hydrogen-bond acceptors (Lipinski definition) is 4. The molecule has 0 radical (unpaired) electrons. The molecule has 0 rings (SSSR count). The van der Waals surface area contributed by atoms with Crippen molar-refractivity contribution in [2.24, 2.45) is 0 Å². The van der Waals surface area contributed by atoms with Crippen LogP contribution in [-0.4, -0.2) is 25.2 Å². The number of carbonyl (C=O) groups excluding carboxylic acids is 2. The van der Waals surface area contributed by atoms with Crippen molar-refractivity contribution < 1.29 is 19.1 Å². The molecule has 0 aromatic heterocycles. The van der Waals surface area contributed by atoms with Gasteiger partial charge in [0.1, 0.15) is 0 Å². The Morgan fingerprint density at radius 1 is 0.812 bits per heavy atom. The summed E-state index contributed by atoms with van der Waals surface area (Å²) >= 11 is 0. The van der Waals surface area contributed by atoms with Gasteiger partial charge >= 0.3 is 11.9 Å². The van der Waals surface area contributed by atoms with Crippen LogP contribution in [0.4, 0.5) is 0 Å². The van der Waals surface area contributed by atoms with Crippen LogP contribution in [0.3, 0.4) is 0 Å². The van der Waals surface area contributed by atoms with Crippen LogP contribution in [0.5, 0.6) is 0 Å². The van der Waals surface area contributed by atoms with E-state index in [1.54, 1.807) is 0 Å². The van der Waals surface area contributed by atoms with Crippen molar-refractivity contribution in [3.63, 3.8) is 0 Å². The molecule has 0 aliphatic carbocycles. The van der Waals surface area contributed by atoms with Gasteiger partial charge in [-0.2, -0.15) is 0 Å². The van der Waals surface area contributed by atoms with Crippen molar-refractivity contribution in [2.75, 3.05) is 13.2 Å². The van der Waals surface area contributed by atoms with E-state index in [1.165, 1.54) is 0 Å². The summed E-state index contributed by atoms with van der Waals surface area (Å²) in [5.74, 6) is -0.642. The second-order valence-electron chi connectivity index (χ2n) is 3.65. The van der Waals surface area contributed by atoms with E-state index in [0.29, 0.717) is 13.2 Å². The maximum atomic E-state index is 11.2. The molecule has 0 aliphatic rings. The molecule has 0 N–H and O–H groups in total. The quantitative estimate of drug-likeness (QED) is 0.451. The van der Waals surface area contributed by atoms with Gasteiger partial charge in [-0.1, -0.05) is 26.7 Å². The van der Waals surface area contributed by atoms with Gasteiger partial charge in [-0.05, 0) is 12.8 Å². The highest BCUT2D eigenvalue weighted by molar-refractivity contribution is 5.77. The maximum absolute atomic E-state index is 11.2. The predicted octanol–water partition coefficient (Wildman–Crippen LogP) is 2.45. The SMILES string of the molecule is CCCCCOC(=O)CCC(=O)OCCC. The minimum atomic E-state index is -0.327. The highest BCUT2D eigenvalue weighted by Crippen LogP contribution is 1.99. The number of unbranched alkanes of at least 4 members (excludes halogenated alkanes) is 2. The topological polar surface area (TPSA) is 52.6 Å². The molecule has 0 amide bonds. The smallest absolute Gasteiger partial charge is 0.306 e. The Labute approximate surface area is 97.3 Å². The van der Waals surface area contributed by atoms with Crippen LogP contribution >= 0.6 is 0 Å². The summed E-state index contributed by atoms with van der Waals surface area (Å²) in [4.78, 5) is 22.2. The van der Waals surface area contributed by atoms with Crippen molar-refractivity contribution >= 4 is 11.9 Å². The van der Waals surface area contributed by atoms with Gasteiger partial charge in [0.05, 0.1) is 26.1 Å². The highest BCUT2D eigenvalue weighted by atomic mass is 16.5. The van der Waals surface area contributed by atoms with E-state index in [-0.39, 0.29) is 24.8 Å². The molecule has 4 heteroatoms. The van der Waals surface area contributed by atoms with Crippen molar-refractivity contribution in [3.8, 4) is 0 Å². The van der Waals surface area contributed by atoms with Crippen LogP contribution in [0, 0.1) is 0 Å². The van der Waals surface area contributed by atoms with Crippen LogP contribution in [-0.2, 0) is 19.1 Å². The lowest BCUT2D eigenvalue weighted by Gasteiger charge is -2.04. The molecule has 0 bridgehead atoms. The molecule has 0 unspecified atom stereocenters. The molecule has 0 aliphatic heterocycles. The minimum absolute atomic E-state index is 0.118. The second kappa shape index (κ2) is 10.5. The van der Waals surface area contributed by atoms with Gasteiger partial charge in [-0.25, -0.2) is 0 Å². The Bertz CT molecular complexity index is 201. The Morgan fingerprint density at radius 3 is 1.88 bits per heavy atom. The average Bonchev–Trinajstić information content (AvgIpc) is 2.29. The molecule has 0 saturated carbocycles. The van der Waals surface area contributed by atoms with Crippen molar-refractivity contribution in [2.45, 2.75) is 52.4 Å². The number of esters is 2. The Kier molecular flexibility index (Phi) is 9.76. The lowest BCUT2D eigenvalue weighted by atomic mass is 10.3. The van der Waals surface area contributed by atoms with Crippen LogP contribution in [0.15, 0.2) is 0 Å². The molecule has 94 valence electrons. The van der Waals surface area contributed by atoms with Crippen molar-refractivity contribution in [3.05, 3.63) is 0 Å². The first kappa shape index (κ1) is 14.9. The molecule has 0 aromatic carbocycles. The highest BCUT2D eigenvalue weighted by Gasteiger charge is 2.08. The lowest BCUT2D eigenvalue weighted by molar-refractivity contribution is -0.150. The van der Waals surface area contributed by atoms with E-state index < -0.39 is 0 Å². The first-order chi connectivity index (χ1) is 7.70. The molecule has 0 heterocycles. The second-order valence-corrected chi connectivity index (χ2v) is 3.65. The van der Waals surface area contributed by atoms with Crippen LogP contribution in [0.1, 0.15) is 52.4 Å². The fourth-order valence-corrected chi connectivity index (χ4v) is 1.10. The molecule has 4 nitrogen and oxygen atoms in total. The Morgan fingerprint density at radius 2 is 1.38 bits per heavy atom.